The molecule has 1 aliphatic carbocycles. The number of amides is 1. The number of hydrogen-bond acceptors (Lipinski definition) is 4. The van der Waals surface area contributed by atoms with Crippen LogP contribution in [0.5, 0.6) is 0 Å². The number of nitrogens with one attached hydrogen (secondary N) is 1. The van der Waals surface area contributed by atoms with Crippen LogP contribution < -0.4 is 11.1 Å². The number of carboxylic acid groups (broad SMARTS) is 1. The largest absolute Gasteiger partial charge is 0.480 e. The minimum Gasteiger partial charge on any atom is -0.480 e. The number of nitrogens with two attached hydrogens (primary N) is 1. The molecule has 2 aromatic carbocycles. The third-order valence-corrected chi connectivity index (χ3v) is 4.63. The number of ether oxygens (including phenoxy) is 1. The summed E-state index contributed by atoms with van der Waals surface area (Å²) < 4.78 is 5.36. The molecule has 4 N–H and O–H groups in total. The topological polar surface area (TPSA) is 102 Å². The van der Waals surface area contributed by atoms with Crippen LogP contribution in [0.4, 0.5) is 4.79 Å². The molecular formula is C20H23ClN2O4. The molecule has 6 nitrogen and oxygen atoms in total. The number of alkyl carbamates (subject to hydrolysis) is 1. The molecule has 1 amide bonds. The van der Waals surface area contributed by atoms with E-state index in [1.165, 1.54) is 0 Å². The predicted octanol–water partition coefficient (Wildman–Crippen LogP) is 3.14. The molecule has 1 unspecified atom stereocenters. The zero-order chi connectivity index (χ0) is 18.5. The Kier molecular flexibility index (Phi) is 7.21. The van der Waals surface area contributed by atoms with Crippen LogP contribution in [0.2, 0.25) is 0 Å². The molecule has 0 spiro atoms. The summed E-state index contributed by atoms with van der Waals surface area (Å²) in [6.07, 6.45) is 0.0627. The number of hydrogen-bond donors (Lipinski definition) is 3. The van der Waals surface area contributed by atoms with Crippen molar-refractivity contribution in [2.75, 3.05) is 13.2 Å². The Bertz CT molecular complexity index is 767. The van der Waals surface area contributed by atoms with Crippen molar-refractivity contribution in [3.8, 4) is 11.1 Å². The van der Waals surface area contributed by atoms with E-state index in [1.807, 2.05) is 36.4 Å². The number of rotatable bonds is 7. The van der Waals surface area contributed by atoms with Crippen LogP contribution in [0.15, 0.2) is 48.5 Å². The lowest BCUT2D eigenvalue weighted by Gasteiger charge is -2.17. The SMILES string of the molecule is Cl.NCCCC(NC(=O)OCC1c2ccccc2-c2ccccc21)C(=O)O. The van der Waals surface area contributed by atoms with Gasteiger partial charge < -0.3 is 20.9 Å². The van der Waals surface area contributed by atoms with Gasteiger partial charge in [-0.1, -0.05) is 48.5 Å². The third-order valence-electron chi connectivity index (χ3n) is 4.63. The minimum absolute atomic E-state index is 0. The Balaban J connectivity index is 0.00000261. The van der Waals surface area contributed by atoms with Crippen LogP contribution in [0.25, 0.3) is 11.1 Å². The number of aliphatic carboxylic acids is 1. The van der Waals surface area contributed by atoms with E-state index in [1.54, 1.807) is 0 Å². The van der Waals surface area contributed by atoms with Gasteiger partial charge in [-0.25, -0.2) is 9.59 Å². The quantitative estimate of drug-likeness (QED) is 0.674. The summed E-state index contributed by atoms with van der Waals surface area (Å²) in [7, 11) is 0. The van der Waals surface area contributed by atoms with Crippen molar-refractivity contribution in [1.82, 2.24) is 5.32 Å². The molecule has 0 aliphatic heterocycles. The van der Waals surface area contributed by atoms with E-state index in [0.717, 1.165) is 22.3 Å². The molecule has 1 aliphatic rings. The van der Waals surface area contributed by atoms with Crippen molar-refractivity contribution in [2.45, 2.75) is 24.8 Å². The first-order chi connectivity index (χ1) is 12.6. The molecule has 0 aromatic heterocycles. The zero-order valence-corrected chi connectivity index (χ0v) is 15.6. The molecule has 7 heteroatoms. The monoisotopic (exact) mass is 390 g/mol. The van der Waals surface area contributed by atoms with Crippen molar-refractivity contribution < 1.29 is 19.4 Å². The van der Waals surface area contributed by atoms with Gasteiger partial charge in [0.15, 0.2) is 0 Å². The fraction of sp³-hybridized carbons (Fsp3) is 0.300. The van der Waals surface area contributed by atoms with Gasteiger partial charge in [-0.2, -0.15) is 0 Å². The van der Waals surface area contributed by atoms with E-state index in [4.69, 9.17) is 10.5 Å². The molecular weight excluding hydrogens is 368 g/mol. The van der Waals surface area contributed by atoms with Crippen LogP contribution in [0.1, 0.15) is 29.9 Å². The van der Waals surface area contributed by atoms with Crippen molar-refractivity contribution in [3.05, 3.63) is 59.7 Å². The maximum absolute atomic E-state index is 12.1. The Morgan fingerprint density at radius 1 is 1.07 bits per heavy atom. The zero-order valence-electron chi connectivity index (χ0n) is 14.8. The maximum atomic E-state index is 12.1. The average molecular weight is 391 g/mol. The minimum atomic E-state index is -1.09. The summed E-state index contributed by atoms with van der Waals surface area (Å²) in [6, 6.07) is 15.1. The second-order valence-electron chi connectivity index (χ2n) is 6.29. The summed E-state index contributed by atoms with van der Waals surface area (Å²) in [5.74, 6) is -1.15. The number of benzene rings is 2. The Labute approximate surface area is 164 Å². The fourth-order valence-electron chi connectivity index (χ4n) is 3.36. The maximum Gasteiger partial charge on any atom is 0.407 e. The first-order valence-electron chi connectivity index (χ1n) is 8.66. The fourth-order valence-corrected chi connectivity index (χ4v) is 3.36. The summed E-state index contributed by atoms with van der Waals surface area (Å²) in [5, 5.41) is 11.6. The molecule has 2 aromatic rings. The van der Waals surface area contributed by atoms with Crippen molar-refractivity contribution in [2.24, 2.45) is 5.73 Å². The van der Waals surface area contributed by atoms with Crippen LogP contribution in [0, 0.1) is 0 Å². The standard InChI is InChI=1S/C20H22N2O4.ClH/c21-11-5-10-18(19(23)24)22-20(25)26-12-17-15-8-3-1-6-13(15)14-7-2-4-9-16(14)17;/h1-4,6-9,17-18H,5,10-12,21H2,(H,22,25)(H,23,24);1H. The van der Waals surface area contributed by atoms with Gasteiger partial charge in [-0.3, -0.25) is 0 Å². The molecule has 0 saturated heterocycles. The van der Waals surface area contributed by atoms with Crippen molar-refractivity contribution in [1.29, 1.82) is 0 Å². The van der Waals surface area contributed by atoms with Crippen molar-refractivity contribution >= 4 is 24.5 Å². The van der Waals surface area contributed by atoms with Gasteiger partial charge in [0, 0.05) is 5.92 Å². The van der Waals surface area contributed by atoms with Gasteiger partial charge >= 0.3 is 12.1 Å². The number of fused-ring (bicyclic) bond motifs is 3. The molecule has 0 fully saturated rings. The molecule has 0 saturated carbocycles. The van der Waals surface area contributed by atoms with Crippen LogP contribution in [0.3, 0.4) is 0 Å². The van der Waals surface area contributed by atoms with Gasteiger partial charge in [0.05, 0.1) is 0 Å². The van der Waals surface area contributed by atoms with Gasteiger partial charge in [0.2, 0.25) is 0 Å². The molecule has 27 heavy (non-hydrogen) atoms. The molecule has 1 atom stereocenters. The normalized spacial score (nSPS) is 13.1. The van der Waals surface area contributed by atoms with E-state index in [2.05, 4.69) is 17.4 Å². The second kappa shape index (κ2) is 9.39. The van der Waals surface area contributed by atoms with E-state index in [9.17, 15) is 14.7 Å². The first-order valence-corrected chi connectivity index (χ1v) is 8.66. The molecule has 3 rings (SSSR count). The highest BCUT2D eigenvalue weighted by Crippen LogP contribution is 2.44. The Morgan fingerprint density at radius 2 is 1.63 bits per heavy atom. The van der Waals surface area contributed by atoms with Gasteiger partial charge in [-0.05, 0) is 41.6 Å². The summed E-state index contributed by atoms with van der Waals surface area (Å²) in [4.78, 5) is 23.3. The highest BCUT2D eigenvalue weighted by atomic mass is 35.5. The highest BCUT2D eigenvalue weighted by molar-refractivity contribution is 5.85. The Morgan fingerprint density at radius 3 is 2.15 bits per heavy atom. The number of halogens is 1. The summed E-state index contributed by atoms with van der Waals surface area (Å²) in [5.41, 5.74) is 9.91. The van der Waals surface area contributed by atoms with Crippen LogP contribution in [-0.4, -0.2) is 36.4 Å². The molecule has 144 valence electrons. The van der Waals surface area contributed by atoms with Crippen LogP contribution in [-0.2, 0) is 9.53 Å². The van der Waals surface area contributed by atoms with Crippen molar-refractivity contribution in [3.63, 3.8) is 0 Å². The van der Waals surface area contributed by atoms with E-state index in [-0.39, 0.29) is 31.4 Å². The summed E-state index contributed by atoms with van der Waals surface area (Å²) in [6.45, 7) is 0.527. The van der Waals surface area contributed by atoms with Gasteiger partial charge in [0.1, 0.15) is 12.6 Å². The van der Waals surface area contributed by atoms with E-state index in [0.29, 0.717) is 13.0 Å². The first kappa shape index (κ1) is 20.7. The number of carboxylic acids is 1. The molecule has 0 radical (unpaired) electrons. The molecule has 0 bridgehead atoms. The summed E-state index contributed by atoms with van der Waals surface area (Å²) >= 11 is 0. The molecule has 0 heterocycles. The highest BCUT2D eigenvalue weighted by Gasteiger charge is 2.29. The van der Waals surface area contributed by atoms with Gasteiger partial charge in [0.25, 0.3) is 0 Å². The Hall–Kier alpha value is -2.57. The lowest BCUT2D eigenvalue weighted by Crippen LogP contribution is -2.41. The number of carbonyl (C=O) groups excluding carboxylic acids is 1. The smallest absolute Gasteiger partial charge is 0.407 e. The number of carbonyl (C=O) groups is 2. The van der Waals surface area contributed by atoms with E-state index < -0.39 is 18.1 Å². The van der Waals surface area contributed by atoms with Crippen LogP contribution >= 0.6 is 12.4 Å². The lowest BCUT2D eigenvalue weighted by atomic mass is 9.98. The predicted molar refractivity (Wildman–Crippen MR) is 105 cm³/mol. The average Bonchev–Trinajstić information content (AvgIpc) is 2.97. The second-order valence-corrected chi connectivity index (χ2v) is 6.29. The third kappa shape index (κ3) is 4.59. The van der Waals surface area contributed by atoms with E-state index >= 15 is 0 Å². The van der Waals surface area contributed by atoms with Gasteiger partial charge in [-0.15, -0.1) is 12.4 Å². The lowest BCUT2D eigenvalue weighted by molar-refractivity contribution is -0.139.